The van der Waals surface area contributed by atoms with Crippen molar-refractivity contribution in [1.29, 1.82) is 0 Å². The Bertz CT molecular complexity index is 1100. The molecule has 1 aliphatic rings. The fraction of sp³-hybridized carbons (Fsp3) is 0.423. The number of hydrazine groups is 1. The van der Waals surface area contributed by atoms with Crippen molar-refractivity contribution in [2.75, 3.05) is 24.6 Å². The van der Waals surface area contributed by atoms with Gasteiger partial charge in [-0.05, 0) is 43.2 Å². The van der Waals surface area contributed by atoms with Gasteiger partial charge in [0.1, 0.15) is 5.75 Å². The topological polar surface area (TPSA) is 133 Å². The van der Waals surface area contributed by atoms with E-state index in [4.69, 9.17) is 4.74 Å². The highest BCUT2D eigenvalue weighted by Crippen LogP contribution is 2.20. The molecule has 3 N–H and O–H groups in total. The number of hydrogen-bond acceptors (Lipinski definition) is 10. The first-order chi connectivity index (χ1) is 18.9. The zero-order valence-electron chi connectivity index (χ0n) is 22.7. The van der Waals surface area contributed by atoms with Crippen LogP contribution in [-0.2, 0) is 33.3 Å². The van der Waals surface area contributed by atoms with Gasteiger partial charge in [0.05, 0.1) is 31.7 Å². The second-order valence-electron chi connectivity index (χ2n) is 8.68. The number of carbonyl (C=O) groups excluding carboxylic acids is 2. The normalized spacial score (nSPS) is 15.7. The second kappa shape index (κ2) is 18.2. The number of para-hydroxylation sites is 1. The molecule has 2 aromatic rings. The zero-order chi connectivity index (χ0) is 28.5. The molecular weight excluding hydrogens is 536 g/mol. The molecule has 2 heterocycles. The van der Waals surface area contributed by atoms with Crippen LogP contribution in [0.4, 0.5) is 0 Å². The number of aromatic nitrogens is 1. The summed E-state index contributed by atoms with van der Waals surface area (Å²) in [6, 6.07) is 13.4. The maximum atomic E-state index is 12.2. The lowest BCUT2D eigenvalue weighted by molar-refractivity contribution is -0.120. The van der Waals surface area contributed by atoms with Gasteiger partial charge in [-0.3, -0.25) is 14.6 Å². The first kappa shape index (κ1) is 32.1. The first-order valence-electron chi connectivity index (χ1n) is 12.4. The average molecular weight is 575 g/mol. The number of nitrogens with zero attached hydrogens (tertiary/aromatic N) is 5. The molecule has 39 heavy (non-hydrogen) atoms. The number of pyridine rings is 1. The number of hydrogen-bond donors (Lipinski definition) is 3. The predicted molar refractivity (Wildman–Crippen MR) is 160 cm³/mol. The molecule has 13 heteroatoms. The van der Waals surface area contributed by atoms with Crippen molar-refractivity contribution in [2.24, 2.45) is 20.6 Å². The average Bonchev–Trinajstić information content (AvgIpc) is 2.91. The van der Waals surface area contributed by atoms with Crippen LogP contribution in [0.25, 0.3) is 0 Å². The van der Waals surface area contributed by atoms with Gasteiger partial charge < -0.3 is 15.4 Å². The van der Waals surface area contributed by atoms with Crippen LogP contribution in [-0.4, -0.2) is 65.3 Å². The summed E-state index contributed by atoms with van der Waals surface area (Å²) in [5, 5.41) is 11.9. The van der Waals surface area contributed by atoms with Crippen LogP contribution in [0.5, 0.6) is 5.75 Å². The molecule has 1 aromatic carbocycles. The van der Waals surface area contributed by atoms with Crippen molar-refractivity contribution in [3.05, 3.63) is 59.9 Å². The predicted octanol–water partition coefficient (Wildman–Crippen LogP) is 2.93. The van der Waals surface area contributed by atoms with Gasteiger partial charge in [0.15, 0.2) is 0 Å². The smallest absolute Gasteiger partial charge is 0.226 e. The summed E-state index contributed by atoms with van der Waals surface area (Å²) < 4.78 is 11.7. The second-order valence-corrected chi connectivity index (χ2v) is 11.3. The number of methoxy groups -OCH3 is 1. The molecule has 3 rings (SSSR count). The number of amides is 2. The lowest BCUT2D eigenvalue weighted by Crippen LogP contribution is -2.53. The van der Waals surface area contributed by atoms with Crippen molar-refractivity contribution < 1.29 is 14.3 Å². The van der Waals surface area contributed by atoms with Gasteiger partial charge in [0, 0.05) is 47.8 Å². The molecule has 0 spiro atoms. The van der Waals surface area contributed by atoms with E-state index in [-0.39, 0.29) is 35.2 Å². The highest BCUT2D eigenvalue weighted by molar-refractivity contribution is 7.99. The molecule has 0 radical (unpaired) electrons. The van der Waals surface area contributed by atoms with Crippen molar-refractivity contribution in [2.45, 2.75) is 39.2 Å². The van der Waals surface area contributed by atoms with E-state index < -0.39 is 0 Å². The van der Waals surface area contributed by atoms with Crippen molar-refractivity contribution in [3.8, 4) is 5.75 Å². The van der Waals surface area contributed by atoms with Gasteiger partial charge in [0.25, 0.3) is 0 Å². The minimum absolute atomic E-state index is 0.0106. The molecule has 0 aliphatic carbocycles. The third-order valence-corrected chi connectivity index (χ3v) is 8.24. The minimum Gasteiger partial charge on any atom is -0.496 e. The van der Waals surface area contributed by atoms with E-state index in [1.165, 1.54) is 0 Å². The molecule has 1 aliphatic heterocycles. The highest BCUT2D eigenvalue weighted by Gasteiger charge is 2.26. The van der Waals surface area contributed by atoms with Crippen LogP contribution < -0.4 is 20.9 Å². The summed E-state index contributed by atoms with van der Waals surface area (Å²) in [6.45, 7) is 10.4. The molecule has 0 saturated heterocycles. The molecule has 11 nitrogen and oxygen atoms in total. The number of nitrogens with one attached hydrogen (secondary N) is 3. The largest absolute Gasteiger partial charge is 0.496 e. The maximum Gasteiger partial charge on any atom is 0.226 e. The zero-order valence-corrected chi connectivity index (χ0v) is 24.3. The van der Waals surface area contributed by atoms with E-state index in [1.54, 1.807) is 25.1 Å². The van der Waals surface area contributed by atoms with Gasteiger partial charge in [-0.15, -0.1) is 21.8 Å². The van der Waals surface area contributed by atoms with Gasteiger partial charge in [-0.2, -0.15) is 14.6 Å². The molecule has 0 fully saturated rings. The van der Waals surface area contributed by atoms with Gasteiger partial charge in [0.2, 0.25) is 11.8 Å². The first-order valence-corrected chi connectivity index (χ1v) is 14.9. The lowest BCUT2D eigenvalue weighted by atomic mass is 10.1. The summed E-state index contributed by atoms with van der Waals surface area (Å²) in [7, 11) is 1.24. The fourth-order valence-corrected chi connectivity index (χ4v) is 5.86. The number of ether oxygens (including phenoxy) is 1. The van der Waals surface area contributed by atoms with Gasteiger partial charge in [-0.1, -0.05) is 31.2 Å². The van der Waals surface area contributed by atoms with Crippen molar-refractivity contribution in [1.82, 2.24) is 25.6 Å². The van der Waals surface area contributed by atoms with E-state index in [1.807, 2.05) is 42.5 Å². The quantitative estimate of drug-likeness (QED) is 0.129. The maximum absolute atomic E-state index is 12.2. The Morgan fingerprint density at radius 2 is 1.82 bits per heavy atom. The fourth-order valence-electron chi connectivity index (χ4n) is 3.65. The molecule has 2 amide bonds. The van der Waals surface area contributed by atoms with Crippen molar-refractivity contribution >= 4 is 47.9 Å². The molecule has 2 unspecified atom stereocenters. The number of carbonyl (C=O) groups is 2. The Morgan fingerprint density at radius 3 is 2.46 bits per heavy atom. The Balaban J connectivity index is 0.00000124. The summed E-state index contributed by atoms with van der Waals surface area (Å²) in [6.07, 6.45) is 3.25. The third-order valence-electron chi connectivity index (χ3n) is 5.50. The summed E-state index contributed by atoms with van der Waals surface area (Å²) >= 11 is 1.72. The van der Waals surface area contributed by atoms with Gasteiger partial charge >= 0.3 is 0 Å². The third kappa shape index (κ3) is 12.1. The monoisotopic (exact) mass is 574 g/mol. The molecule has 212 valence electrons. The molecule has 3 atom stereocenters. The highest BCUT2D eigenvalue weighted by atomic mass is 32.2. The van der Waals surface area contributed by atoms with Gasteiger partial charge in [-0.25, -0.2) is 0 Å². The molecule has 0 bridgehead atoms. The van der Waals surface area contributed by atoms with E-state index in [0.29, 0.717) is 24.1 Å². The van der Waals surface area contributed by atoms with Crippen LogP contribution >= 0.6 is 11.8 Å². The van der Waals surface area contributed by atoms with E-state index in [0.717, 1.165) is 29.2 Å². The number of thioether (sulfide) groups is 1. The van der Waals surface area contributed by atoms with Crippen LogP contribution in [0.2, 0.25) is 0 Å². The minimum atomic E-state index is -0.374. The summed E-state index contributed by atoms with van der Waals surface area (Å²) in [4.78, 5) is 28.6. The van der Waals surface area contributed by atoms with Crippen molar-refractivity contribution in [3.63, 3.8) is 0 Å². The van der Waals surface area contributed by atoms with Crippen LogP contribution in [0, 0.1) is 5.92 Å². The van der Waals surface area contributed by atoms with Crippen LogP contribution in [0.3, 0.4) is 0 Å². The summed E-state index contributed by atoms with van der Waals surface area (Å²) in [5.41, 5.74) is 4.66. The Kier molecular flexibility index (Phi) is 15.0. The molecule has 0 saturated carbocycles. The Labute approximate surface area is 237 Å². The number of benzene rings is 1. The molecule has 1 aromatic heterocycles. The number of rotatable bonds is 15. The lowest BCUT2D eigenvalue weighted by Gasteiger charge is -2.36. The van der Waals surface area contributed by atoms with E-state index in [2.05, 4.69) is 67.5 Å². The van der Waals surface area contributed by atoms with Crippen LogP contribution in [0.1, 0.15) is 31.5 Å². The summed E-state index contributed by atoms with van der Waals surface area (Å²) in [5.74, 6) is 3.15. The standard InChI is InChI=1S/C24H34N6O3S2.C2H4N2/c1-18(15-34-16-26-23(31)13-20-8-4-5-10-22(20)33-3)12-19(2)30-28-29-35(30)17-27-24(32)14-21-9-6-7-11-25-21;1-3-4-2/h4-11,18-19,28H,12-17H2,1-3H3,(H,26,31)(H,27,32);1-2H2/t18?,19-,35?;/m0./s1. The Morgan fingerprint density at radius 1 is 1.10 bits per heavy atom. The van der Waals surface area contributed by atoms with E-state index in [9.17, 15) is 9.59 Å². The molecular formula is C26H38N8O3S2. The Hall–Kier alpha value is -3.13. The SMILES string of the molecule is C=NN=C.COc1ccccc1CC(=O)NCSCC(C)C[C@H](C)N1NN=S1CNC(=O)Cc1ccccn1. The van der Waals surface area contributed by atoms with Crippen LogP contribution in [0.15, 0.2) is 63.3 Å². The van der Waals surface area contributed by atoms with E-state index >= 15 is 0 Å².